The summed E-state index contributed by atoms with van der Waals surface area (Å²) in [7, 11) is 0. The van der Waals surface area contributed by atoms with Crippen molar-refractivity contribution >= 4 is 27.4 Å². The number of halogens is 3. The molecule has 0 bridgehead atoms. The van der Waals surface area contributed by atoms with Crippen molar-refractivity contribution in [3.05, 3.63) is 34.7 Å². The van der Waals surface area contributed by atoms with Crippen LogP contribution in [0, 0.1) is 0 Å². The van der Waals surface area contributed by atoms with Gasteiger partial charge in [-0.05, 0) is 13.0 Å². The maximum Gasteiger partial charge on any atom is 0.417 e. The van der Waals surface area contributed by atoms with Gasteiger partial charge in [-0.3, -0.25) is 0 Å². The molecule has 0 saturated carbocycles. The Labute approximate surface area is 105 Å². The maximum atomic E-state index is 12.8. The average Bonchev–Trinajstić information content (AvgIpc) is 2.71. The van der Waals surface area contributed by atoms with E-state index < -0.39 is 17.7 Å². The molecule has 18 heavy (non-hydrogen) atoms. The van der Waals surface area contributed by atoms with Gasteiger partial charge in [0, 0.05) is 15.5 Å². The molecule has 0 saturated heterocycles. The number of carbonyl (C=O) groups excluding carboxylic acids is 1. The van der Waals surface area contributed by atoms with Crippen molar-refractivity contribution in [1.82, 2.24) is 0 Å². The Morgan fingerprint density at radius 3 is 2.72 bits per heavy atom. The zero-order chi connectivity index (χ0) is 13.3. The molecule has 1 heterocycles. The van der Waals surface area contributed by atoms with E-state index in [1.165, 1.54) is 17.5 Å². The van der Waals surface area contributed by atoms with E-state index in [9.17, 15) is 18.0 Å². The Balaban J connectivity index is 2.59. The highest BCUT2D eigenvalue weighted by Gasteiger charge is 2.33. The fourth-order valence-corrected chi connectivity index (χ4v) is 2.72. The summed E-state index contributed by atoms with van der Waals surface area (Å²) in [5.74, 6) is -0.594. The number of hydrogen-bond acceptors (Lipinski definition) is 3. The summed E-state index contributed by atoms with van der Waals surface area (Å²) in [6, 6.07) is 3.79. The van der Waals surface area contributed by atoms with Crippen molar-refractivity contribution in [3.63, 3.8) is 0 Å². The van der Waals surface area contributed by atoms with Gasteiger partial charge in [-0.1, -0.05) is 12.1 Å². The lowest BCUT2D eigenvalue weighted by atomic mass is 10.1. The van der Waals surface area contributed by atoms with E-state index in [-0.39, 0.29) is 22.3 Å². The molecule has 2 nitrogen and oxygen atoms in total. The topological polar surface area (TPSA) is 26.3 Å². The average molecular weight is 274 g/mol. The summed E-state index contributed by atoms with van der Waals surface area (Å²) >= 11 is 0.901. The summed E-state index contributed by atoms with van der Waals surface area (Å²) in [4.78, 5) is 11.6. The Morgan fingerprint density at radius 1 is 1.39 bits per heavy atom. The summed E-state index contributed by atoms with van der Waals surface area (Å²) < 4.78 is 43.2. The molecule has 0 unspecified atom stereocenters. The van der Waals surface area contributed by atoms with Crippen LogP contribution >= 0.6 is 11.3 Å². The van der Waals surface area contributed by atoms with Gasteiger partial charge in [-0.15, -0.1) is 11.3 Å². The van der Waals surface area contributed by atoms with Crippen LogP contribution in [0.1, 0.15) is 22.8 Å². The van der Waals surface area contributed by atoms with Crippen molar-refractivity contribution in [2.24, 2.45) is 0 Å². The van der Waals surface area contributed by atoms with Crippen molar-refractivity contribution in [2.75, 3.05) is 6.61 Å². The maximum absolute atomic E-state index is 12.8. The van der Waals surface area contributed by atoms with Crippen molar-refractivity contribution in [1.29, 1.82) is 0 Å². The van der Waals surface area contributed by atoms with Gasteiger partial charge in [0.25, 0.3) is 0 Å². The number of hydrogen-bond donors (Lipinski definition) is 0. The SMILES string of the molecule is CCOC(=O)c1csc2c(C(F)(F)F)cccc12. The molecule has 1 aromatic carbocycles. The number of alkyl halides is 3. The summed E-state index contributed by atoms with van der Waals surface area (Å²) in [5, 5.41) is 1.69. The summed E-state index contributed by atoms with van der Waals surface area (Å²) in [6.45, 7) is 1.84. The zero-order valence-corrected chi connectivity index (χ0v) is 10.2. The summed E-state index contributed by atoms with van der Waals surface area (Å²) in [6.07, 6.45) is -4.42. The van der Waals surface area contributed by atoms with Gasteiger partial charge in [0.1, 0.15) is 0 Å². The molecule has 96 valence electrons. The van der Waals surface area contributed by atoms with Gasteiger partial charge in [-0.25, -0.2) is 4.79 Å². The van der Waals surface area contributed by atoms with Crippen LogP contribution in [0.2, 0.25) is 0 Å². The van der Waals surface area contributed by atoms with E-state index in [2.05, 4.69) is 0 Å². The van der Waals surface area contributed by atoms with Crippen LogP contribution in [0.5, 0.6) is 0 Å². The van der Waals surface area contributed by atoms with E-state index in [4.69, 9.17) is 4.74 Å². The monoisotopic (exact) mass is 274 g/mol. The number of carbonyl (C=O) groups is 1. The first-order valence-electron chi connectivity index (χ1n) is 5.19. The minimum atomic E-state index is -4.42. The molecular weight excluding hydrogens is 265 g/mol. The van der Waals surface area contributed by atoms with Crippen LogP contribution in [0.15, 0.2) is 23.6 Å². The third-order valence-corrected chi connectivity index (χ3v) is 3.43. The Hall–Kier alpha value is -1.56. The number of rotatable bonds is 2. The second-order valence-corrected chi connectivity index (χ2v) is 4.43. The first kappa shape index (κ1) is 12.9. The molecule has 0 N–H and O–H groups in total. The predicted octanol–water partition coefficient (Wildman–Crippen LogP) is 4.10. The summed E-state index contributed by atoms with van der Waals surface area (Å²) in [5.41, 5.74) is -0.538. The fraction of sp³-hybridized carbons (Fsp3) is 0.250. The Kier molecular flexibility index (Phi) is 3.30. The van der Waals surface area contributed by atoms with E-state index in [1.54, 1.807) is 6.92 Å². The van der Waals surface area contributed by atoms with E-state index in [1.807, 2.05) is 0 Å². The third kappa shape index (κ3) is 2.20. The predicted molar refractivity (Wildman–Crippen MR) is 62.8 cm³/mol. The van der Waals surface area contributed by atoms with Gasteiger partial charge in [0.15, 0.2) is 0 Å². The smallest absolute Gasteiger partial charge is 0.417 e. The molecule has 0 aliphatic rings. The standard InChI is InChI=1S/C12H9F3O2S/c1-2-17-11(16)8-6-18-10-7(8)4-3-5-9(10)12(13,14)15/h3-6H,2H2,1H3. The van der Waals surface area contributed by atoms with Crippen LogP contribution in [-0.4, -0.2) is 12.6 Å². The highest BCUT2D eigenvalue weighted by atomic mass is 32.1. The van der Waals surface area contributed by atoms with Gasteiger partial charge >= 0.3 is 12.1 Å². The number of esters is 1. The first-order valence-corrected chi connectivity index (χ1v) is 6.07. The van der Waals surface area contributed by atoms with Crippen LogP contribution in [-0.2, 0) is 10.9 Å². The molecule has 0 amide bonds. The molecule has 0 fully saturated rings. The minimum absolute atomic E-state index is 0.0630. The molecule has 2 rings (SSSR count). The zero-order valence-electron chi connectivity index (χ0n) is 9.38. The molecule has 0 aliphatic carbocycles. The lowest BCUT2D eigenvalue weighted by molar-refractivity contribution is -0.136. The quantitative estimate of drug-likeness (QED) is 0.771. The fourth-order valence-electron chi connectivity index (χ4n) is 1.65. The molecular formula is C12H9F3O2S. The van der Waals surface area contributed by atoms with Crippen LogP contribution < -0.4 is 0 Å². The normalized spacial score (nSPS) is 11.8. The van der Waals surface area contributed by atoms with E-state index in [0.29, 0.717) is 0 Å². The molecule has 0 spiro atoms. The van der Waals surface area contributed by atoms with Crippen LogP contribution in [0.25, 0.3) is 10.1 Å². The second-order valence-electron chi connectivity index (χ2n) is 3.55. The lowest BCUT2D eigenvalue weighted by Gasteiger charge is -2.07. The molecule has 1 aromatic heterocycles. The van der Waals surface area contributed by atoms with Crippen LogP contribution in [0.4, 0.5) is 13.2 Å². The van der Waals surface area contributed by atoms with E-state index >= 15 is 0 Å². The lowest BCUT2D eigenvalue weighted by Crippen LogP contribution is -2.06. The number of ether oxygens (including phenoxy) is 1. The molecule has 0 aliphatic heterocycles. The van der Waals surface area contributed by atoms with Gasteiger partial charge < -0.3 is 4.74 Å². The highest BCUT2D eigenvalue weighted by molar-refractivity contribution is 7.17. The minimum Gasteiger partial charge on any atom is -0.462 e. The molecule has 0 atom stereocenters. The number of benzene rings is 1. The van der Waals surface area contributed by atoms with Gasteiger partial charge in [0.05, 0.1) is 17.7 Å². The highest BCUT2D eigenvalue weighted by Crippen LogP contribution is 2.38. The number of thiophene rings is 1. The van der Waals surface area contributed by atoms with E-state index in [0.717, 1.165) is 17.4 Å². The van der Waals surface area contributed by atoms with Gasteiger partial charge in [-0.2, -0.15) is 13.2 Å². The largest absolute Gasteiger partial charge is 0.462 e. The van der Waals surface area contributed by atoms with Crippen molar-refractivity contribution in [2.45, 2.75) is 13.1 Å². The third-order valence-electron chi connectivity index (χ3n) is 2.40. The number of fused-ring (bicyclic) bond motifs is 1. The Morgan fingerprint density at radius 2 is 2.11 bits per heavy atom. The van der Waals surface area contributed by atoms with Crippen LogP contribution in [0.3, 0.4) is 0 Å². The second kappa shape index (κ2) is 4.61. The van der Waals surface area contributed by atoms with Crippen molar-refractivity contribution < 1.29 is 22.7 Å². The van der Waals surface area contributed by atoms with Gasteiger partial charge in [0.2, 0.25) is 0 Å². The Bertz CT molecular complexity index is 587. The van der Waals surface area contributed by atoms with Crippen molar-refractivity contribution in [3.8, 4) is 0 Å². The molecule has 6 heteroatoms. The molecule has 0 radical (unpaired) electrons. The molecule has 2 aromatic rings. The first-order chi connectivity index (χ1) is 8.45.